The van der Waals surface area contributed by atoms with E-state index in [0.29, 0.717) is 18.5 Å². The van der Waals surface area contributed by atoms with Crippen LogP contribution >= 0.6 is 0 Å². The lowest BCUT2D eigenvalue weighted by Gasteiger charge is -2.47. The van der Waals surface area contributed by atoms with Crippen LogP contribution in [0.25, 0.3) is 10.9 Å². The van der Waals surface area contributed by atoms with E-state index >= 15 is 0 Å². The molecule has 1 aliphatic carbocycles. The Morgan fingerprint density at radius 1 is 1.44 bits per heavy atom. The van der Waals surface area contributed by atoms with Gasteiger partial charge in [0.15, 0.2) is 0 Å². The van der Waals surface area contributed by atoms with Gasteiger partial charge in [0.05, 0.1) is 0 Å². The molecule has 0 spiro atoms. The predicted octanol–water partition coefficient (Wildman–Crippen LogP) is 3.52. The Bertz CT molecular complexity index is 884. The minimum atomic E-state index is -0.168. The van der Waals surface area contributed by atoms with Crippen LogP contribution < -0.4 is 10.6 Å². The molecule has 142 valence electrons. The fourth-order valence-corrected chi connectivity index (χ4v) is 4.88. The highest BCUT2D eigenvalue weighted by molar-refractivity contribution is 5.88. The van der Waals surface area contributed by atoms with E-state index in [9.17, 15) is 4.79 Å². The highest BCUT2D eigenvalue weighted by Gasteiger charge is 2.41. The van der Waals surface area contributed by atoms with E-state index in [1.165, 1.54) is 22.0 Å². The molecular weight excluding hydrogens is 336 g/mol. The second-order valence-electron chi connectivity index (χ2n) is 7.65. The first-order valence-electron chi connectivity index (χ1n) is 9.79. The van der Waals surface area contributed by atoms with Crippen molar-refractivity contribution in [3.63, 3.8) is 0 Å². The van der Waals surface area contributed by atoms with Crippen molar-refractivity contribution in [3.8, 4) is 0 Å². The molecule has 2 aliphatic rings. The molecule has 1 aromatic carbocycles. The first-order valence-corrected chi connectivity index (χ1v) is 9.79. The number of urea groups is 1. The molecule has 27 heavy (non-hydrogen) atoms. The number of nitrogens with zero attached hydrogens (tertiary/aromatic N) is 1. The summed E-state index contributed by atoms with van der Waals surface area (Å²) in [6, 6.07) is 6.86. The van der Waals surface area contributed by atoms with Crippen LogP contribution in [0.3, 0.4) is 0 Å². The van der Waals surface area contributed by atoms with Crippen LogP contribution in [0.1, 0.15) is 30.4 Å². The number of aromatic amines is 1. The number of fused-ring (bicyclic) bond motifs is 2. The Balaban J connectivity index is 1.64. The maximum atomic E-state index is 12.0. The largest absolute Gasteiger partial charge is 0.361 e. The van der Waals surface area contributed by atoms with Crippen molar-refractivity contribution in [2.24, 2.45) is 5.92 Å². The molecule has 1 aliphatic heterocycles. The summed E-state index contributed by atoms with van der Waals surface area (Å²) in [4.78, 5) is 17.9. The average Bonchev–Trinajstić information content (AvgIpc) is 3.07. The summed E-state index contributed by atoms with van der Waals surface area (Å²) in [6.07, 6.45) is 6.20. The number of aromatic nitrogens is 1. The Labute approximate surface area is 160 Å². The number of hydrogen-bond acceptors (Lipinski definition) is 2. The van der Waals surface area contributed by atoms with Crippen LogP contribution in [0.15, 0.2) is 49.3 Å². The second-order valence-corrected chi connectivity index (χ2v) is 7.65. The molecule has 1 unspecified atom stereocenters. The summed E-state index contributed by atoms with van der Waals surface area (Å²) in [5.74, 6) is 0.660. The maximum absolute atomic E-state index is 12.0. The second kappa shape index (κ2) is 7.24. The number of carbonyl (C=O) groups is 1. The van der Waals surface area contributed by atoms with E-state index in [0.717, 1.165) is 31.6 Å². The molecule has 2 aromatic rings. The summed E-state index contributed by atoms with van der Waals surface area (Å²) in [5.41, 5.74) is 4.86. The molecule has 1 saturated heterocycles. The molecule has 0 radical (unpaired) electrons. The number of benzene rings is 1. The Morgan fingerprint density at radius 2 is 2.30 bits per heavy atom. The normalized spacial score (nSPS) is 24.3. The van der Waals surface area contributed by atoms with E-state index in [-0.39, 0.29) is 11.9 Å². The van der Waals surface area contributed by atoms with Gasteiger partial charge in [-0.25, -0.2) is 4.79 Å². The fourth-order valence-electron chi connectivity index (χ4n) is 4.88. The van der Waals surface area contributed by atoms with Crippen molar-refractivity contribution >= 4 is 16.9 Å². The van der Waals surface area contributed by atoms with Crippen LogP contribution in [-0.4, -0.2) is 41.6 Å². The first-order chi connectivity index (χ1) is 13.1. The summed E-state index contributed by atoms with van der Waals surface area (Å²) < 4.78 is 0. The van der Waals surface area contributed by atoms with Crippen LogP contribution in [0.5, 0.6) is 0 Å². The molecule has 2 heterocycles. The fraction of sp³-hybridized carbons (Fsp3) is 0.409. The van der Waals surface area contributed by atoms with Gasteiger partial charge >= 0.3 is 6.03 Å². The minimum absolute atomic E-state index is 0.168. The number of nitrogens with one attached hydrogen (secondary N) is 3. The number of hydrogen-bond donors (Lipinski definition) is 3. The standard InChI is InChI=1S/C22H28N4O/c1-4-9-26-13-16(14(3)25-22(27)23-5-2)10-18-17-7-6-8-19-21(17)15(12-24-19)11-20(18)26/h4,6-8,12,16,18,20,24H,1,3,5,9-11,13H2,2H3,(H2,23,25,27)/t16-,18?,20-/m1/s1. The highest BCUT2D eigenvalue weighted by Crippen LogP contribution is 2.45. The first kappa shape index (κ1) is 17.9. The molecule has 0 saturated carbocycles. The SMILES string of the molecule is C=CCN1C[C@H](C(=C)NC(=O)NCC)CC2c3cccc4[nH]cc(c34)C[C@H]21. The van der Waals surface area contributed by atoms with Crippen LogP contribution in [-0.2, 0) is 6.42 Å². The minimum Gasteiger partial charge on any atom is -0.361 e. The zero-order valence-electron chi connectivity index (χ0n) is 15.9. The van der Waals surface area contributed by atoms with Gasteiger partial charge in [-0.1, -0.05) is 24.8 Å². The summed E-state index contributed by atoms with van der Waals surface area (Å²) in [7, 11) is 0. The van der Waals surface area contributed by atoms with Crippen molar-refractivity contribution < 1.29 is 4.79 Å². The number of piperidine rings is 1. The topological polar surface area (TPSA) is 60.2 Å². The van der Waals surface area contributed by atoms with Crippen molar-refractivity contribution in [1.29, 1.82) is 0 Å². The van der Waals surface area contributed by atoms with Gasteiger partial charge in [0.25, 0.3) is 0 Å². The Hall–Kier alpha value is -2.53. The van der Waals surface area contributed by atoms with Crippen molar-refractivity contribution in [2.45, 2.75) is 31.7 Å². The monoisotopic (exact) mass is 364 g/mol. The third-order valence-corrected chi connectivity index (χ3v) is 6.04. The third kappa shape index (κ3) is 3.16. The van der Waals surface area contributed by atoms with E-state index in [4.69, 9.17) is 0 Å². The smallest absolute Gasteiger partial charge is 0.318 e. The number of H-pyrrole nitrogens is 1. The summed E-state index contributed by atoms with van der Waals surface area (Å²) >= 11 is 0. The molecule has 4 rings (SSSR count). The van der Waals surface area contributed by atoms with Gasteiger partial charge < -0.3 is 15.6 Å². The van der Waals surface area contributed by atoms with Gasteiger partial charge in [0.1, 0.15) is 0 Å². The van der Waals surface area contributed by atoms with E-state index in [1.807, 2.05) is 13.0 Å². The average molecular weight is 364 g/mol. The lowest BCUT2D eigenvalue weighted by Crippen LogP contribution is -2.51. The molecule has 1 aromatic heterocycles. The van der Waals surface area contributed by atoms with Gasteiger partial charge in [-0.15, -0.1) is 6.58 Å². The predicted molar refractivity (Wildman–Crippen MR) is 110 cm³/mol. The molecule has 2 amide bonds. The molecule has 1 fully saturated rings. The van der Waals surface area contributed by atoms with Gasteiger partial charge in [0, 0.05) is 60.3 Å². The molecule has 3 atom stereocenters. The van der Waals surface area contributed by atoms with E-state index in [1.54, 1.807) is 0 Å². The molecule has 5 nitrogen and oxygen atoms in total. The van der Waals surface area contributed by atoms with Gasteiger partial charge in [-0.2, -0.15) is 0 Å². The van der Waals surface area contributed by atoms with Crippen molar-refractivity contribution in [2.75, 3.05) is 19.6 Å². The number of rotatable bonds is 5. The summed E-state index contributed by atoms with van der Waals surface area (Å²) in [5, 5.41) is 7.12. The molecule has 5 heteroatoms. The Kier molecular flexibility index (Phi) is 4.79. The van der Waals surface area contributed by atoms with Gasteiger partial charge in [-0.05, 0) is 37.0 Å². The molecular formula is C22H28N4O. The molecule has 3 N–H and O–H groups in total. The Morgan fingerprint density at radius 3 is 3.07 bits per heavy atom. The lowest BCUT2D eigenvalue weighted by atomic mass is 9.71. The van der Waals surface area contributed by atoms with Crippen molar-refractivity contribution in [1.82, 2.24) is 20.5 Å². The zero-order chi connectivity index (χ0) is 19.0. The third-order valence-electron chi connectivity index (χ3n) is 6.04. The quantitative estimate of drug-likeness (QED) is 0.711. The number of amides is 2. The van der Waals surface area contributed by atoms with Gasteiger partial charge in [-0.3, -0.25) is 4.90 Å². The van der Waals surface area contributed by atoms with E-state index in [2.05, 4.69) is 58.1 Å². The van der Waals surface area contributed by atoms with Gasteiger partial charge in [0.2, 0.25) is 0 Å². The van der Waals surface area contributed by atoms with E-state index < -0.39 is 0 Å². The zero-order valence-corrected chi connectivity index (χ0v) is 15.9. The summed E-state index contributed by atoms with van der Waals surface area (Å²) in [6.45, 7) is 12.4. The maximum Gasteiger partial charge on any atom is 0.318 e. The number of likely N-dealkylation sites (tertiary alicyclic amines) is 1. The van der Waals surface area contributed by atoms with Crippen molar-refractivity contribution in [3.05, 3.63) is 60.5 Å². The number of carbonyl (C=O) groups excluding carboxylic acids is 1. The van der Waals surface area contributed by atoms with Crippen LogP contribution in [0.4, 0.5) is 4.79 Å². The molecule has 0 bridgehead atoms. The highest BCUT2D eigenvalue weighted by atomic mass is 16.2. The van der Waals surface area contributed by atoms with Crippen LogP contribution in [0, 0.1) is 5.92 Å². The lowest BCUT2D eigenvalue weighted by molar-refractivity contribution is 0.107. The van der Waals surface area contributed by atoms with Crippen LogP contribution in [0.2, 0.25) is 0 Å².